The zero-order valence-corrected chi connectivity index (χ0v) is 20.4. The van der Waals surface area contributed by atoms with Gasteiger partial charge >= 0.3 is 0 Å². The van der Waals surface area contributed by atoms with Gasteiger partial charge < -0.3 is 18.9 Å². The number of hydrogen-bond acceptors (Lipinski definition) is 5. The van der Waals surface area contributed by atoms with Crippen LogP contribution in [0.3, 0.4) is 0 Å². The number of ether oxygens (including phenoxy) is 2. The van der Waals surface area contributed by atoms with Crippen LogP contribution < -0.4 is 4.74 Å². The number of methoxy groups -OCH3 is 1. The topological polar surface area (TPSA) is 59.8 Å². The van der Waals surface area contributed by atoms with Gasteiger partial charge in [0, 0.05) is 32.9 Å². The van der Waals surface area contributed by atoms with Crippen molar-refractivity contribution in [3.05, 3.63) is 83.7 Å². The minimum atomic E-state index is -0.830. The molecule has 1 amide bonds. The smallest absolute Gasteiger partial charge is 0.282 e. The van der Waals surface area contributed by atoms with Gasteiger partial charge in [0.25, 0.3) is 5.91 Å². The van der Waals surface area contributed by atoms with E-state index in [0.717, 1.165) is 30.0 Å². The molecular weight excluding hydrogens is 447 g/mol. The highest BCUT2D eigenvalue weighted by Gasteiger charge is 2.27. The van der Waals surface area contributed by atoms with Gasteiger partial charge in [-0.3, -0.25) is 9.69 Å². The lowest BCUT2D eigenvalue weighted by atomic mass is 10.0. The molecule has 0 N–H and O–H groups in total. The van der Waals surface area contributed by atoms with Crippen LogP contribution in [0, 0.1) is 6.92 Å². The Morgan fingerprint density at radius 2 is 1.97 bits per heavy atom. The average molecular weight is 479 g/mol. The molecule has 0 bridgehead atoms. The molecule has 1 atom stereocenters. The van der Waals surface area contributed by atoms with Gasteiger partial charge in [0.1, 0.15) is 5.75 Å². The monoisotopic (exact) mass is 478 g/mol. The third kappa shape index (κ3) is 5.96. The first-order valence-corrected chi connectivity index (χ1v) is 11.6. The van der Waals surface area contributed by atoms with Gasteiger partial charge in [0.2, 0.25) is 0 Å². The van der Waals surface area contributed by atoms with Crippen molar-refractivity contribution < 1.29 is 18.7 Å². The van der Waals surface area contributed by atoms with Crippen molar-refractivity contribution in [2.45, 2.75) is 13.0 Å². The number of halogens is 1. The van der Waals surface area contributed by atoms with Crippen LogP contribution in [0.25, 0.3) is 11.8 Å². The Hall–Kier alpha value is -3.49. The van der Waals surface area contributed by atoms with Crippen molar-refractivity contribution in [1.82, 2.24) is 19.4 Å². The molecule has 4 rings (SSSR count). The molecule has 2 heterocycles. The highest BCUT2D eigenvalue weighted by molar-refractivity contribution is 5.95. The van der Waals surface area contributed by atoms with E-state index >= 15 is 4.39 Å². The van der Waals surface area contributed by atoms with Crippen LogP contribution in [-0.2, 0) is 9.53 Å². The Bertz CT molecular complexity index is 1170. The number of amides is 1. The maximum Gasteiger partial charge on any atom is 0.282 e. The molecule has 7 nitrogen and oxygen atoms in total. The van der Waals surface area contributed by atoms with E-state index in [1.165, 1.54) is 11.0 Å². The fourth-order valence-corrected chi connectivity index (χ4v) is 4.22. The normalized spacial score (nSPS) is 15.6. The summed E-state index contributed by atoms with van der Waals surface area (Å²) in [6.07, 6.45) is 4.83. The lowest BCUT2D eigenvalue weighted by molar-refractivity contribution is -0.130. The third-order valence-electron chi connectivity index (χ3n) is 6.20. The Balaban J connectivity index is 1.56. The zero-order valence-electron chi connectivity index (χ0n) is 20.4. The Morgan fingerprint density at radius 3 is 2.63 bits per heavy atom. The van der Waals surface area contributed by atoms with E-state index in [1.807, 2.05) is 54.1 Å². The van der Waals surface area contributed by atoms with Crippen LogP contribution in [-0.4, -0.2) is 72.3 Å². The van der Waals surface area contributed by atoms with Crippen LogP contribution in [0.15, 0.2) is 66.9 Å². The van der Waals surface area contributed by atoms with Crippen LogP contribution >= 0.6 is 0 Å². The van der Waals surface area contributed by atoms with Gasteiger partial charge in [-0.15, -0.1) is 0 Å². The summed E-state index contributed by atoms with van der Waals surface area (Å²) in [5, 5.41) is 0. The zero-order chi connectivity index (χ0) is 24.8. The van der Waals surface area contributed by atoms with Crippen LogP contribution in [0.4, 0.5) is 4.39 Å². The van der Waals surface area contributed by atoms with Crippen molar-refractivity contribution in [2.75, 3.05) is 47.0 Å². The summed E-state index contributed by atoms with van der Waals surface area (Å²) in [7, 11) is 3.21. The Kier molecular flexibility index (Phi) is 7.94. The second kappa shape index (κ2) is 11.3. The Labute approximate surface area is 205 Å². The molecule has 1 aromatic heterocycles. The molecule has 2 aromatic carbocycles. The number of carbonyl (C=O) groups is 1. The quantitative estimate of drug-likeness (QED) is 0.458. The summed E-state index contributed by atoms with van der Waals surface area (Å²) in [6.45, 7) is 5.39. The minimum Gasteiger partial charge on any atom is -0.495 e. The van der Waals surface area contributed by atoms with Gasteiger partial charge in [-0.2, -0.15) is 0 Å². The number of carbonyl (C=O) groups excluding carboxylic acids is 1. The number of nitrogens with zero attached hydrogens (tertiary/aromatic N) is 4. The minimum absolute atomic E-state index is 0.289. The number of rotatable bonds is 8. The summed E-state index contributed by atoms with van der Waals surface area (Å²) in [5.74, 6) is -0.941. The van der Waals surface area contributed by atoms with Gasteiger partial charge in [-0.05, 0) is 36.3 Å². The van der Waals surface area contributed by atoms with Gasteiger partial charge in [0.15, 0.2) is 5.83 Å². The van der Waals surface area contributed by atoms with Crippen molar-refractivity contribution in [1.29, 1.82) is 0 Å². The fraction of sp³-hybridized carbons (Fsp3) is 0.333. The number of hydrogen-bond donors (Lipinski definition) is 0. The van der Waals surface area contributed by atoms with Crippen LogP contribution in [0.1, 0.15) is 22.9 Å². The summed E-state index contributed by atoms with van der Waals surface area (Å²) >= 11 is 0. The molecule has 8 heteroatoms. The second-order valence-corrected chi connectivity index (χ2v) is 8.60. The molecule has 0 saturated carbocycles. The highest BCUT2D eigenvalue weighted by atomic mass is 19.1. The van der Waals surface area contributed by atoms with E-state index in [1.54, 1.807) is 32.6 Å². The van der Waals surface area contributed by atoms with Crippen LogP contribution in [0.2, 0.25) is 0 Å². The third-order valence-corrected chi connectivity index (χ3v) is 6.20. The molecule has 3 aromatic rings. The second-order valence-electron chi connectivity index (χ2n) is 8.60. The average Bonchev–Trinajstić information content (AvgIpc) is 3.33. The molecule has 0 aliphatic carbocycles. The summed E-state index contributed by atoms with van der Waals surface area (Å²) in [6, 6.07) is 14.7. The maximum absolute atomic E-state index is 15.2. The van der Waals surface area contributed by atoms with E-state index in [-0.39, 0.29) is 6.04 Å². The fourth-order valence-electron chi connectivity index (χ4n) is 4.22. The SMILES string of the molecule is COc1cc(C=C(F)C(=O)N(C)C(CN2CCOCC2)c2ccccc2)ccc1-n1cnc(C)c1. The molecule has 184 valence electrons. The lowest BCUT2D eigenvalue weighted by Crippen LogP contribution is -2.43. The number of likely N-dealkylation sites (N-methyl/N-ethyl adjacent to an activating group) is 1. The first kappa shape index (κ1) is 24.6. The van der Waals surface area contributed by atoms with Crippen molar-refractivity contribution in [3.63, 3.8) is 0 Å². The Morgan fingerprint density at radius 1 is 1.23 bits per heavy atom. The number of aryl methyl sites for hydroxylation is 1. The summed E-state index contributed by atoms with van der Waals surface area (Å²) in [4.78, 5) is 21.1. The first-order chi connectivity index (χ1) is 17.0. The highest BCUT2D eigenvalue weighted by Crippen LogP contribution is 2.27. The van der Waals surface area contributed by atoms with Crippen LogP contribution in [0.5, 0.6) is 5.75 Å². The van der Waals surface area contributed by atoms with Gasteiger partial charge in [-0.25, -0.2) is 9.37 Å². The molecule has 0 spiro atoms. The van der Waals surface area contributed by atoms with E-state index < -0.39 is 11.7 Å². The van der Waals surface area contributed by atoms with Gasteiger partial charge in [0.05, 0.1) is 44.1 Å². The predicted molar refractivity (Wildman–Crippen MR) is 133 cm³/mol. The van der Waals surface area contributed by atoms with Crippen molar-refractivity contribution in [3.8, 4) is 11.4 Å². The molecule has 1 unspecified atom stereocenters. The maximum atomic E-state index is 15.2. The van der Waals surface area contributed by atoms with Crippen molar-refractivity contribution in [2.24, 2.45) is 0 Å². The molecule has 1 aliphatic heterocycles. The summed E-state index contributed by atoms with van der Waals surface area (Å²) < 4.78 is 28.0. The molecule has 1 saturated heterocycles. The molecule has 1 fully saturated rings. The number of aromatic nitrogens is 2. The summed E-state index contributed by atoms with van der Waals surface area (Å²) in [5.41, 5.74) is 3.15. The molecular formula is C27H31FN4O3. The number of benzene rings is 2. The van der Waals surface area contributed by atoms with E-state index in [0.29, 0.717) is 31.1 Å². The largest absolute Gasteiger partial charge is 0.495 e. The van der Waals surface area contributed by atoms with E-state index in [2.05, 4.69) is 9.88 Å². The number of imidazole rings is 1. The first-order valence-electron chi connectivity index (χ1n) is 11.6. The molecule has 35 heavy (non-hydrogen) atoms. The van der Waals surface area contributed by atoms with E-state index in [4.69, 9.17) is 9.47 Å². The van der Waals surface area contributed by atoms with Crippen molar-refractivity contribution >= 4 is 12.0 Å². The van der Waals surface area contributed by atoms with Gasteiger partial charge in [-0.1, -0.05) is 36.4 Å². The molecule has 0 radical (unpaired) electrons. The standard InChI is InChI=1S/C27H31FN4O3/c1-20-17-32(19-29-20)24-10-9-21(16-26(24)34-3)15-23(28)27(33)30(2)25(22-7-5-4-6-8-22)18-31-11-13-35-14-12-31/h4-10,15-17,19,25H,11-14,18H2,1-3H3. The lowest BCUT2D eigenvalue weighted by Gasteiger charge is -2.35. The van der Waals surface area contributed by atoms with E-state index in [9.17, 15) is 4.79 Å². The predicted octanol–water partition coefficient (Wildman–Crippen LogP) is 4.03. The molecule has 1 aliphatic rings. The number of morpholine rings is 1.